The molecule has 0 bridgehead atoms. The van der Waals surface area contributed by atoms with Crippen molar-refractivity contribution in [3.63, 3.8) is 0 Å². The van der Waals surface area contributed by atoms with Crippen LogP contribution in [0.1, 0.15) is 31.4 Å². The highest BCUT2D eigenvalue weighted by molar-refractivity contribution is 14.1. The average Bonchev–Trinajstić information content (AvgIpc) is 2.15. The second-order valence-electron chi connectivity index (χ2n) is 4.79. The average molecular weight is 302 g/mol. The molecule has 0 unspecified atom stereocenters. The summed E-state index contributed by atoms with van der Waals surface area (Å²) in [5.74, 6) is 0. The monoisotopic (exact) mass is 302 g/mol. The standard InChI is InChI=1S/C13H19I/c1-11-5-4-6-12(9-11)7-8-13(2,3)10-14/h4-6,9H,7-8,10H2,1-3H3. The Kier molecular flexibility index (Phi) is 4.42. The van der Waals surface area contributed by atoms with Crippen LogP contribution in [-0.4, -0.2) is 4.43 Å². The Morgan fingerprint density at radius 1 is 1.29 bits per heavy atom. The first-order valence-corrected chi connectivity index (χ1v) is 6.67. The van der Waals surface area contributed by atoms with Crippen LogP contribution in [0.25, 0.3) is 0 Å². The van der Waals surface area contributed by atoms with E-state index in [1.165, 1.54) is 28.4 Å². The maximum Gasteiger partial charge on any atom is 0.00468 e. The van der Waals surface area contributed by atoms with Crippen LogP contribution in [0.4, 0.5) is 0 Å². The molecule has 1 aromatic carbocycles. The molecule has 0 aliphatic heterocycles. The summed E-state index contributed by atoms with van der Waals surface area (Å²) in [7, 11) is 0. The molecule has 0 nitrogen and oxygen atoms in total. The Labute approximate surface area is 101 Å². The highest BCUT2D eigenvalue weighted by Gasteiger charge is 2.15. The van der Waals surface area contributed by atoms with Gasteiger partial charge in [0.1, 0.15) is 0 Å². The van der Waals surface area contributed by atoms with E-state index in [4.69, 9.17) is 0 Å². The Bertz CT molecular complexity index is 289. The van der Waals surface area contributed by atoms with Gasteiger partial charge < -0.3 is 0 Å². The predicted molar refractivity (Wildman–Crippen MR) is 72.2 cm³/mol. The largest absolute Gasteiger partial charge is 0.0858 e. The van der Waals surface area contributed by atoms with E-state index in [-0.39, 0.29) is 0 Å². The topological polar surface area (TPSA) is 0 Å². The second-order valence-corrected chi connectivity index (χ2v) is 5.55. The normalized spacial score (nSPS) is 11.7. The van der Waals surface area contributed by atoms with Crippen LogP contribution in [0.5, 0.6) is 0 Å². The van der Waals surface area contributed by atoms with Gasteiger partial charge in [-0.15, -0.1) is 0 Å². The molecule has 0 aliphatic rings. The molecule has 0 aromatic heterocycles. The summed E-state index contributed by atoms with van der Waals surface area (Å²) in [6.07, 6.45) is 2.48. The van der Waals surface area contributed by atoms with E-state index in [2.05, 4.69) is 67.6 Å². The fourth-order valence-electron chi connectivity index (χ4n) is 1.42. The van der Waals surface area contributed by atoms with E-state index in [1.807, 2.05) is 0 Å². The minimum Gasteiger partial charge on any atom is -0.0858 e. The molecule has 1 aromatic rings. The summed E-state index contributed by atoms with van der Waals surface area (Å²) in [5.41, 5.74) is 3.32. The Morgan fingerprint density at radius 2 is 2.00 bits per heavy atom. The third kappa shape index (κ3) is 3.99. The van der Waals surface area contributed by atoms with Crippen LogP contribution in [0, 0.1) is 12.3 Å². The number of alkyl halides is 1. The van der Waals surface area contributed by atoms with Gasteiger partial charge in [0.2, 0.25) is 0 Å². The summed E-state index contributed by atoms with van der Waals surface area (Å²) >= 11 is 2.48. The Morgan fingerprint density at radius 3 is 2.57 bits per heavy atom. The summed E-state index contributed by atoms with van der Waals surface area (Å²) in [4.78, 5) is 0. The number of hydrogen-bond donors (Lipinski definition) is 0. The number of halogens is 1. The Balaban J connectivity index is 2.54. The first-order chi connectivity index (χ1) is 6.53. The van der Waals surface area contributed by atoms with Gasteiger partial charge in [-0.3, -0.25) is 0 Å². The SMILES string of the molecule is Cc1cccc(CCC(C)(C)CI)c1. The quantitative estimate of drug-likeness (QED) is 0.571. The van der Waals surface area contributed by atoms with Crippen molar-refractivity contribution >= 4 is 22.6 Å². The fraction of sp³-hybridized carbons (Fsp3) is 0.538. The van der Waals surface area contributed by atoms with Crippen LogP contribution in [-0.2, 0) is 6.42 Å². The maximum atomic E-state index is 2.48. The molecule has 78 valence electrons. The van der Waals surface area contributed by atoms with Gasteiger partial charge >= 0.3 is 0 Å². The van der Waals surface area contributed by atoms with Gasteiger partial charge in [0.15, 0.2) is 0 Å². The zero-order valence-corrected chi connectivity index (χ0v) is 11.5. The van der Waals surface area contributed by atoms with Gasteiger partial charge in [0, 0.05) is 4.43 Å². The number of hydrogen-bond acceptors (Lipinski definition) is 0. The number of aryl methyl sites for hydroxylation is 2. The molecule has 0 fully saturated rings. The van der Waals surface area contributed by atoms with Crippen molar-refractivity contribution in [3.8, 4) is 0 Å². The molecular weight excluding hydrogens is 283 g/mol. The van der Waals surface area contributed by atoms with Crippen molar-refractivity contribution in [1.29, 1.82) is 0 Å². The van der Waals surface area contributed by atoms with E-state index in [0.29, 0.717) is 5.41 Å². The minimum absolute atomic E-state index is 0.476. The molecule has 0 heterocycles. The smallest absolute Gasteiger partial charge is 0.00468 e. The maximum absolute atomic E-state index is 2.48. The highest BCUT2D eigenvalue weighted by atomic mass is 127. The van der Waals surface area contributed by atoms with Gasteiger partial charge in [-0.1, -0.05) is 66.3 Å². The van der Waals surface area contributed by atoms with Crippen molar-refractivity contribution in [2.45, 2.75) is 33.6 Å². The van der Waals surface area contributed by atoms with Crippen LogP contribution in [0.2, 0.25) is 0 Å². The zero-order valence-electron chi connectivity index (χ0n) is 9.31. The van der Waals surface area contributed by atoms with Crippen molar-refractivity contribution in [3.05, 3.63) is 35.4 Å². The minimum atomic E-state index is 0.476. The molecule has 14 heavy (non-hydrogen) atoms. The molecule has 0 saturated carbocycles. The molecule has 0 N–H and O–H groups in total. The molecule has 0 radical (unpaired) electrons. The van der Waals surface area contributed by atoms with Crippen molar-refractivity contribution < 1.29 is 0 Å². The van der Waals surface area contributed by atoms with Crippen molar-refractivity contribution in [1.82, 2.24) is 0 Å². The molecule has 0 aliphatic carbocycles. The molecule has 1 rings (SSSR count). The lowest BCUT2D eigenvalue weighted by Gasteiger charge is -2.21. The van der Waals surface area contributed by atoms with Gasteiger partial charge in [-0.2, -0.15) is 0 Å². The number of rotatable bonds is 4. The van der Waals surface area contributed by atoms with E-state index < -0.39 is 0 Å². The first kappa shape index (κ1) is 12.0. The summed E-state index contributed by atoms with van der Waals surface area (Å²) in [6, 6.07) is 8.84. The predicted octanol–water partition coefficient (Wildman–Crippen LogP) is 4.39. The van der Waals surface area contributed by atoms with E-state index in [1.54, 1.807) is 0 Å². The third-order valence-corrected chi connectivity index (χ3v) is 4.60. The highest BCUT2D eigenvalue weighted by Crippen LogP contribution is 2.25. The molecule has 1 heteroatoms. The van der Waals surface area contributed by atoms with Crippen LogP contribution < -0.4 is 0 Å². The lowest BCUT2D eigenvalue weighted by Crippen LogP contribution is -2.13. The lowest BCUT2D eigenvalue weighted by molar-refractivity contribution is 0.394. The molecule has 0 atom stereocenters. The first-order valence-electron chi connectivity index (χ1n) is 5.15. The molecular formula is C13H19I. The van der Waals surface area contributed by atoms with E-state index in [9.17, 15) is 0 Å². The second kappa shape index (κ2) is 5.15. The van der Waals surface area contributed by atoms with Crippen LogP contribution in [0.15, 0.2) is 24.3 Å². The molecule has 0 saturated heterocycles. The van der Waals surface area contributed by atoms with Gasteiger partial charge in [-0.05, 0) is 30.7 Å². The molecule has 0 amide bonds. The zero-order chi connectivity index (χ0) is 10.6. The third-order valence-electron chi connectivity index (χ3n) is 2.53. The summed E-state index contributed by atoms with van der Waals surface area (Å²) in [6.45, 7) is 6.84. The van der Waals surface area contributed by atoms with Crippen LogP contribution in [0.3, 0.4) is 0 Å². The lowest BCUT2D eigenvalue weighted by atomic mass is 9.88. The number of benzene rings is 1. The van der Waals surface area contributed by atoms with Crippen molar-refractivity contribution in [2.75, 3.05) is 4.43 Å². The van der Waals surface area contributed by atoms with Gasteiger partial charge in [0.25, 0.3) is 0 Å². The van der Waals surface area contributed by atoms with E-state index >= 15 is 0 Å². The van der Waals surface area contributed by atoms with Crippen molar-refractivity contribution in [2.24, 2.45) is 5.41 Å². The summed E-state index contributed by atoms with van der Waals surface area (Å²) in [5, 5.41) is 0. The van der Waals surface area contributed by atoms with Gasteiger partial charge in [-0.25, -0.2) is 0 Å². The van der Waals surface area contributed by atoms with E-state index in [0.717, 1.165) is 0 Å². The Hall–Kier alpha value is -0.0500. The summed E-state index contributed by atoms with van der Waals surface area (Å²) < 4.78 is 1.23. The van der Waals surface area contributed by atoms with Gasteiger partial charge in [0.05, 0.1) is 0 Å². The molecule has 0 spiro atoms. The fourth-order valence-corrected chi connectivity index (χ4v) is 1.80. The van der Waals surface area contributed by atoms with Crippen LogP contribution >= 0.6 is 22.6 Å².